The summed E-state index contributed by atoms with van der Waals surface area (Å²) in [6.45, 7) is 3.58. The molecule has 2 aromatic rings. The molecule has 6 nitrogen and oxygen atoms in total. The van der Waals surface area contributed by atoms with E-state index in [4.69, 9.17) is 4.42 Å². The van der Waals surface area contributed by atoms with Gasteiger partial charge in [0.15, 0.2) is 5.76 Å². The number of nitrogens with one attached hydrogen (secondary N) is 1. The van der Waals surface area contributed by atoms with Crippen LogP contribution < -0.4 is 5.32 Å². The van der Waals surface area contributed by atoms with Crippen LogP contribution in [0.4, 0.5) is 14.5 Å². The van der Waals surface area contributed by atoms with Gasteiger partial charge in [0.2, 0.25) is 5.91 Å². The normalized spacial score (nSPS) is 16.3. The van der Waals surface area contributed by atoms with Gasteiger partial charge in [0, 0.05) is 32.2 Å². The van der Waals surface area contributed by atoms with Crippen LogP contribution in [0.1, 0.15) is 17.5 Å². The predicted molar refractivity (Wildman–Crippen MR) is 90.6 cm³/mol. The second kappa shape index (κ2) is 7.65. The summed E-state index contributed by atoms with van der Waals surface area (Å²) in [5.74, 6) is -1.65. The third-order valence-corrected chi connectivity index (χ3v) is 4.45. The number of carbonyl (C=O) groups excluding carboxylic acids is 2. The Morgan fingerprint density at radius 2 is 1.88 bits per heavy atom. The maximum absolute atomic E-state index is 13.7. The molecule has 2 heterocycles. The van der Waals surface area contributed by atoms with Gasteiger partial charge in [-0.2, -0.15) is 0 Å². The minimum atomic E-state index is -0.694. The van der Waals surface area contributed by atoms with Crippen molar-refractivity contribution in [3.63, 3.8) is 0 Å². The van der Waals surface area contributed by atoms with Crippen LogP contribution in [0.25, 0.3) is 0 Å². The predicted octanol–water partition coefficient (Wildman–Crippen LogP) is 2.34. The lowest BCUT2D eigenvalue weighted by atomic mass is 10.2. The molecule has 1 fully saturated rings. The number of anilines is 1. The van der Waals surface area contributed by atoms with Crippen LogP contribution in [0, 0.1) is 11.6 Å². The number of carbonyl (C=O) groups is 2. The van der Waals surface area contributed by atoms with Crippen molar-refractivity contribution in [2.75, 3.05) is 31.5 Å². The molecule has 1 atom stereocenters. The van der Waals surface area contributed by atoms with E-state index in [9.17, 15) is 18.4 Å². The maximum Gasteiger partial charge on any atom is 0.289 e. The molecule has 0 spiro atoms. The van der Waals surface area contributed by atoms with E-state index in [1.54, 1.807) is 24.0 Å². The molecular formula is C18H19F2N3O3. The van der Waals surface area contributed by atoms with Crippen molar-refractivity contribution in [1.29, 1.82) is 0 Å². The maximum atomic E-state index is 13.7. The summed E-state index contributed by atoms with van der Waals surface area (Å²) in [5.41, 5.74) is -0.187. The summed E-state index contributed by atoms with van der Waals surface area (Å²) >= 11 is 0. The Morgan fingerprint density at radius 3 is 2.54 bits per heavy atom. The van der Waals surface area contributed by atoms with Gasteiger partial charge in [-0.05, 0) is 31.2 Å². The Labute approximate surface area is 149 Å². The van der Waals surface area contributed by atoms with Gasteiger partial charge in [0.1, 0.15) is 11.6 Å². The summed E-state index contributed by atoms with van der Waals surface area (Å²) in [6.07, 6.45) is 1.45. The molecule has 1 saturated heterocycles. The fraction of sp³-hybridized carbons (Fsp3) is 0.333. The van der Waals surface area contributed by atoms with E-state index in [1.807, 2.05) is 4.90 Å². The molecule has 1 N–H and O–H groups in total. The monoisotopic (exact) mass is 363 g/mol. The molecular weight excluding hydrogens is 344 g/mol. The van der Waals surface area contributed by atoms with Crippen LogP contribution in [0.3, 0.4) is 0 Å². The smallest absolute Gasteiger partial charge is 0.289 e. The van der Waals surface area contributed by atoms with Crippen LogP contribution in [0.15, 0.2) is 41.0 Å². The first-order valence-electron chi connectivity index (χ1n) is 8.28. The van der Waals surface area contributed by atoms with E-state index in [0.29, 0.717) is 26.2 Å². The zero-order valence-electron chi connectivity index (χ0n) is 14.2. The van der Waals surface area contributed by atoms with E-state index < -0.39 is 23.6 Å². The minimum Gasteiger partial charge on any atom is -0.459 e. The van der Waals surface area contributed by atoms with E-state index in [2.05, 4.69) is 5.32 Å². The molecule has 26 heavy (non-hydrogen) atoms. The highest BCUT2D eigenvalue weighted by Crippen LogP contribution is 2.17. The van der Waals surface area contributed by atoms with Gasteiger partial charge in [-0.3, -0.25) is 14.5 Å². The first kappa shape index (κ1) is 18.1. The number of halogens is 2. The zero-order chi connectivity index (χ0) is 18.7. The first-order chi connectivity index (χ1) is 12.5. The first-order valence-corrected chi connectivity index (χ1v) is 8.28. The number of hydrogen-bond donors (Lipinski definition) is 1. The average Bonchev–Trinajstić information content (AvgIpc) is 3.18. The van der Waals surface area contributed by atoms with E-state index >= 15 is 0 Å². The molecule has 1 aromatic heterocycles. The van der Waals surface area contributed by atoms with Crippen molar-refractivity contribution < 1.29 is 22.8 Å². The van der Waals surface area contributed by atoms with Crippen molar-refractivity contribution in [2.45, 2.75) is 13.0 Å². The molecule has 8 heteroatoms. The molecule has 1 unspecified atom stereocenters. The van der Waals surface area contributed by atoms with Crippen molar-refractivity contribution in [1.82, 2.24) is 9.80 Å². The van der Waals surface area contributed by atoms with Crippen LogP contribution in [0.2, 0.25) is 0 Å². The summed E-state index contributed by atoms with van der Waals surface area (Å²) < 4.78 is 32.0. The standard InChI is InChI=1S/C18H19F2N3O3/c1-12(17(24)21-15-11-13(19)4-5-14(15)20)22-6-8-23(9-7-22)18(25)16-3-2-10-26-16/h2-5,10-12H,6-9H2,1H3,(H,21,24). The average molecular weight is 363 g/mol. The highest BCUT2D eigenvalue weighted by atomic mass is 19.1. The number of benzene rings is 1. The summed E-state index contributed by atoms with van der Waals surface area (Å²) in [6, 6.07) is 5.62. The van der Waals surface area contributed by atoms with E-state index in [0.717, 1.165) is 18.2 Å². The van der Waals surface area contributed by atoms with Gasteiger partial charge in [-0.1, -0.05) is 0 Å². The number of rotatable bonds is 4. The molecule has 0 radical (unpaired) electrons. The number of amides is 2. The molecule has 1 aliphatic rings. The molecule has 0 bridgehead atoms. The zero-order valence-corrected chi connectivity index (χ0v) is 14.2. The Balaban J connectivity index is 1.56. The second-order valence-corrected chi connectivity index (χ2v) is 6.09. The Bertz CT molecular complexity index is 787. The summed E-state index contributed by atoms with van der Waals surface area (Å²) in [7, 11) is 0. The third-order valence-electron chi connectivity index (χ3n) is 4.45. The highest BCUT2D eigenvalue weighted by molar-refractivity contribution is 5.94. The Morgan fingerprint density at radius 1 is 1.15 bits per heavy atom. The number of furan rings is 1. The number of hydrogen-bond acceptors (Lipinski definition) is 4. The van der Waals surface area contributed by atoms with Crippen molar-refractivity contribution >= 4 is 17.5 Å². The SMILES string of the molecule is CC(C(=O)Nc1cc(F)ccc1F)N1CCN(C(=O)c2ccco2)CC1. The molecule has 1 aromatic carbocycles. The Hall–Kier alpha value is -2.74. The van der Waals surface area contributed by atoms with Gasteiger partial charge in [0.05, 0.1) is 18.0 Å². The fourth-order valence-electron chi connectivity index (χ4n) is 2.86. The number of piperazine rings is 1. The van der Waals surface area contributed by atoms with E-state index in [-0.39, 0.29) is 17.4 Å². The summed E-state index contributed by atoms with van der Waals surface area (Å²) in [5, 5.41) is 2.41. The highest BCUT2D eigenvalue weighted by Gasteiger charge is 2.29. The topological polar surface area (TPSA) is 65.8 Å². The van der Waals surface area contributed by atoms with Crippen LogP contribution >= 0.6 is 0 Å². The molecule has 0 aliphatic carbocycles. The summed E-state index contributed by atoms with van der Waals surface area (Å²) in [4.78, 5) is 28.1. The molecule has 3 rings (SSSR count). The number of nitrogens with zero attached hydrogens (tertiary/aromatic N) is 2. The van der Waals surface area contributed by atoms with Crippen LogP contribution in [0.5, 0.6) is 0 Å². The minimum absolute atomic E-state index is 0.186. The fourth-order valence-corrected chi connectivity index (χ4v) is 2.86. The molecule has 1 aliphatic heterocycles. The van der Waals surface area contributed by atoms with Gasteiger partial charge >= 0.3 is 0 Å². The van der Waals surface area contributed by atoms with E-state index in [1.165, 1.54) is 6.26 Å². The third kappa shape index (κ3) is 3.91. The second-order valence-electron chi connectivity index (χ2n) is 6.09. The van der Waals surface area contributed by atoms with Crippen molar-refractivity contribution in [3.05, 3.63) is 54.0 Å². The lowest BCUT2D eigenvalue weighted by molar-refractivity contribution is -0.121. The molecule has 2 amide bonds. The van der Waals surface area contributed by atoms with Crippen molar-refractivity contribution in [3.8, 4) is 0 Å². The van der Waals surface area contributed by atoms with Gasteiger partial charge in [-0.15, -0.1) is 0 Å². The molecule has 138 valence electrons. The van der Waals surface area contributed by atoms with Crippen molar-refractivity contribution in [2.24, 2.45) is 0 Å². The molecule has 0 saturated carbocycles. The lowest BCUT2D eigenvalue weighted by Gasteiger charge is -2.37. The van der Waals surface area contributed by atoms with Gasteiger partial charge < -0.3 is 14.6 Å². The van der Waals surface area contributed by atoms with Gasteiger partial charge in [0.25, 0.3) is 5.91 Å². The Kier molecular flexibility index (Phi) is 5.32. The van der Waals surface area contributed by atoms with Gasteiger partial charge in [-0.25, -0.2) is 8.78 Å². The lowest BCUT2D eigenvalue weighted by Crippen LogP contribution is -2.54. The van der Waals surface area contributed by atoms with Crippen LogP contribution in [-0.4, -0.2) is 53.8 Å². The quantitative estimate of drug-likeness (QED) is 0.906. The largest absolute Gasteiger partial charge is 0.459 e. The van der Waals surface area contributed by atoms with Crippen LogP contribution in [-0.2, 0) is 4.79 Å².